The number of rotatable bonds is 20. The average molecular weight is 634 g/mol. The van der Waals surface area contributed by atoms with Crippen molar-refractivity contribution in [3.8, 4) is 0 Å². The van der Waals surface area contributed by atoms with E-state index in [-0.39, 0.29) is 26.1 Å². The van der Waals surface area contributed by atoms with Gasteiger partial charge in [-0.2, -0.15) is 0 Å². The number of carbonyl (C=O) groups is 2. The van der Waals surface area contributed by atoms with Crippen LogP contribution in [0.2, 0.25) is 0 Å². The number of hydrogen-bond acceptors (Lipinski definition) is 12. The van der Waals surface area contributed by atoms with Crippen LogP contribution in [0.4, 0.5) is 0 Å². The van der Waals surface area contributed by atoms with Gasteiger partial charge in [0.05, 0.1) is 27.7 Å². The molecule has 2 fully saturated rings. The summed E-state index contributed by atoms with van der Waals surface area (Å²) in [7, 11) is 8.80. The molecule has 0 bridgehead atoms. The van der Waals surface area contributed by atoms with E-state index in [4.69, 9.17) is 18.5 Å². The molecule has 0 aliphatic carbocycles. The van der Waals surface area contributed by atoms with Gasteiger partial charge in [-0.1, -0.05) is 56.0 Å². The first-order chi connectivity index (χ1) is 18.0. The van der Waals surface area contributed by atoms with Crippen molar-refractivity contribution < 1.29 is 42.1 Å². The lowest BCUT2D eigenvalue weighted by Crippen LogP contribution is -2.37. The molecule has 38 heavy (non-hydrogen) atoms. The van der Waals surface area contributed by atoms with Gasteiger partial charge in [0.2, 0.25) is 0 Å². The van der Waals surface area contributed by atoms with Gasteiger partial charge in [-0.25, -0.2) is 0 Å². The van der Waals surface area contributed by atoms with Gasteiger partial charge in [0.25, 0.3) is 7.82 Å². The van der Waals surface area contributed by atoms with Crippen LogP contribution >= 0.6 is 51.0 Å². The zero-order valence-electron chi connectivity index (χ0n) is 22.8. The van der Waals surface area contributed by atoms with Crippen LogP contribution in [0.1, 0.15) is 64.2 Å². The van der Waals surface area contributed by atoms with Gasteiger partial charge in [0.1, 0.15) is 19.8 Å². The van der Waals surface area contributed by atoms with Gasteiger partial charge in [0, 0.05) is 34.8 Å². The molecular weight excluding hydrogens is 590 g/mol. The fraction of sp³-hybridized carbons (Fsp3) is 0.917. The summed E-state index contributed by atoms with van der Waals surface area (Å²) in [4.78, 5) is 36.9. The topological polar surface area (TPSA) is 111 Å². The standard InChI is InChI=1S/C24H44NO8PS4/c1-25(2,3)14-15-31-34(28,29)32-19-20(33-24(27)11-7-5-9-22-13-17-36-38-22)18-30-23(26)10-6-4-8-21-12-16-35-37-21/h20-22H,4-19H2,1-3H3. The summed E-state index contributed by atoms with van der Waals surface area (Å²) >= 11 is 0. The van der Waals surface area contributed by atoms with Crippen LogP contribution in [-0.2, 0) is 32.7 Å². The molecule has 0 spiro atoms. The smallest absolute Gasteiger partial charge is 0.306 e. The maximum atomic E-state index is 12.4. The summed E-state index contributed by atoms with van der Waals surface area (Å²) in [6.07, 6.45) is 7.36. The lowest BCUT2D eigenvalue weighted by atomic mass is 10.1. The Hall–Kier alpha value is 0.410. The highest BCUT2D eigenvalue weighted by Gasteiger charge is 2.22. The molecule has 2 saturated heterocycles. The van der Waals surface area contributed by atoms with Crippen molar-refractivity contribution >= 4 is 62.9 Å². The van der Waals surface area contributed by atoms with Crippen LogP contribution in [-0.4, -0.2) is 92.0 Å². The van der Waals surface area contributed by atoms with Crippen molar-refractivity contribution in [1.82, 2.24) is 0 Å². The summed E-state index contributed by atoms with van der Waals surface area (Å²) in [5.74, 6) is 1.52. The molecular formula is C24H44NO8PS4. The van der Waals surface area contributed by atoms with E-state index in [2.05, 4.69) is 0 Å². The molecule has 0 aromatic heterocycles. The quantitative estimate of drug-likeness (QED) is 0.0586. The van der Waals surface area contributed by atoms with Crippen LogP contribution in [0.3, 0.4) is 0 Å². The molecule has 222 valence electrons. The van der Waals surface area contributed by atoms with Crippen LogP contribution in [0, 0.1) is 0 Å². The minimum atomic E-state index is -4.59. The highest BCUT2D eigenvalue weighted by Crippen LogP contribution is 2.41. The maximum Gasteiger partial charge on any atom is 0.306 e. The normalized spacial score (nSPS) is 22.2. The van der Waals surface area contributed by atoms with Crippen LogP contribution < -0.4 is 4.89 Å². The summed E-state index contributed by atoms with van der Waals surface area (Å²) in [6, 6.07) is 0. The van der Waals surface area contributed by atoms with E-state index in [1.54, 1.807) is 0 Å². The molecule has 0 saturated carbocycles. The number of nitrogens with zero attached hydrogens (tertiary/aromatic N) is 1. The molecule has 2 aliphatic heterocycles. The Morgan fingerprint density at radius 1 is 0.895 bits per heavy atom. The zero-order valence-corrected chi connectivity index (χ0v) is 27.0. The van der Waals surface area contributed by atoms with Gasteiger partial charge in [-0.05, 0) is 38.5 Å². The third-order valence-corrected chi connectivity index (χ3v) is 12.9. The number of quaternary nitrogens is 1. The highest BCUT2D eigenvalue weighted by molar-refractivity contribution is 8.77. The third kappa shape index (κ3) is 17.3. The summed E-state index contributed by atoms with van der Waals surface area (Å²) in [5, 5.41) is 1.32. The Morgan fingerprint density at radius 3 is 2.00 bits per heavy atom. The van der Waals surface area contributed by atoms with E-state index in [0.717, 1.165) is 32.1 Å². The Balaban J connectivity index is 1.73. The average Bonchev–Trinajstić information content (AvgIpc) is 3.55. The van der Waals surface area contributed by atoms with Crippen LogP contribution in [0.5, 0.6) is 0 Å². The zero-order chi connectivity index (χ0) is 27.9. The first-order valence-corrected chi connectivity index (χ1v) is 19.6. The first-order valence-electron chi connectivity index (χ1n) is 13.3. The second-order valence-electron chi connectivity index (χ2n) is 10.5. The second-order valence-corrected chi connectivity index (χ2v) is 17.5. The Labute approximate surface area is 244 Å². The summed E-state index contributed by atoms with van der Waals surface area (Å²) < 4.78 is 33.4. The predicted octanol–water partition coefficient (Wildman–Crippen LogP) is 5.08. The van der Waals surface area contributed by atoms with Gasteiger partial charge >= 0.3 is 11.9 Å². The van der Waals surface area contributed by atoms with E-state index in [1.807, 2.05) is 64.3 Å². The maximum absolute atomic E-state index is 12.4. The predicted molar refractivity (Wildman–Crippen MR) is 157 cm³/mol. The van der Waals surface area contributed by atoms with E-state index in [9.17, 15) is 19.0 Å². The Bertz CT molecular complexity index is 745. The molecule has 0 radical (unpaired) electrons. The van der Waals surface area contributed by atoms with Crippen molar-refractivity contribution in [2.75, 3.05) is 59.0 Å². The number of carbonyl (C=O) groups excluding carboxylic acids is 2. The first kappa shape index (κ1) is 34.6. The third-order valence-electron chi connectivity index (χ3n) is 5.93. The molecule has 4 atom stereocenters. The van der Waals surface area contributed by atoms with Gasteiger partial charge in [-0.15, -0.1) is 0 Å². The number of esters is 2. The minimum absolute atomic E-state index is 0.0282. The molecule has 0 aromatic rings. The summed E-state index contributed by atoms with van der Waals surface area (Å²) in [6.45, 7) is -0.271. The van der Waals surface area contributed by atoms with E-state index in [1.165, 1.54) is 24.3 Å². The molecule has 0 aromatic carbocycles. The lowest BCUT2D eigenvalue weighted by molar-refractivity contribution is -0.870. The number of ether oxygens (including phenoxy) is 2. The molecule has 14 heteroatoms. The fourth-order valence-corrected chi connectivity index (χ4v) is 10.5. The lowest BCUT2D eigenvalue weighted by Gasteiger charge is -2.28. The van der Waals surface area contributed by atoms with Crippen LogP contribution in [0.15, 0.2) is 0 Å². The largest absolute Gasteiger partial charge is 0.756 e. The molecule has 0 N–H and O–H groups in total. The number of likely N-dealkylation sites (N-methyl/N-ethyl adjacent to an activating group) is 1. The van der Waals surface area contributed by atoms with E-state index < -0.39 is 32.5 Å². The van der Waals surface area contributed by atoms with E-state index >= 15 is 0 Å². The SMILES string of the molecule is C[N+](C)(C)CCOP(=O)([O-])OCC(COC(=O)CCCCC1CCSS1)OC(=O)CCCCC1CCSS1. The van der Waals surface area contributed by atoms with Crippen LogP contribution in [0.25, 0.3) is 0 Å². The number of hydrogen-bond donors (Lipinski definition) is 0. The van der Waals surface area contributed by atoms with Crippen molar-refractivity contribution in [3.05, 3.63) is 0 Å². The van der Waals surface area contributed by atoms with Gasteiger partial charge < -0.3 is 27.9 Å². The molecule has 2 rings (SSSR count). The van der Waals surface area contributed by atoms with E-state index in [0.29, 0.717) is 27.9 Å². The summed E-state index contributed by atoms with van der Waals surface area (Å²) in [5.41, 5.74) is 0. The Kier molecular flexibility index (Phi) is 17.1. The van der Waals surface area contributed by atoms with Gasteiger partial charge in [-0.3, -0.25) is 14.2 Å². The molecule has 4 unspecified atom stereocenters. The van der Waals surface area contributed by atoms with Crippen molar-refractivity contribution in [1.29, 1.82) is 0 Å². The molecule has 9 nitrogen and oxygen atoms in total. The van der Waals surface area contributed by atoms with Crippen molar-refractivity contribution in [3.63, 3.8) is 0 Å². The second kappa shape index (κ2) is 18.8. The monoisotopic (exact) mass is 633 g/mol. The molecule has 0 amide bonds. The fourth-order valence-electron chi connectivity index (χ4n) is 3.67. The number of phosphoric ester groups is 1. The molecule has 2 heterocycles. The van der Waals surface area contributed by atoms with Crippen molar-refractivity contribution in [2.24, 2.45) is 0 Å². The molecule has 2 aliphatic rings. The van der Waals surface area contributed by atoms with Gasteiger partial charge in [0.15, 0.2) is 6.10 Å². The number of unbranched alkanes of at least 4 members (excludes halogenated alkanes) is 2. The Morgan fingerprint density at radius 2 is 1.47 bits per heavy atom. The van der Waals surface area contributed by atoms with Crippen molar-refractivity contribution in [2.45, 2.75) is 80.8 Å². The minimum Gasteiger partial charge on any atom is -0.756 e. The highest BCUT2D eigenvalue weighted by atomic mass is 33.1. The number of phosphoric acid groups is 1.